The van der Waals surface area contributed by atoms with Gasteiger partial charge in [-0.25, -0.2) is 17.6 Å². The summed E-state index contributed by atoms with van der Waals surface area (Å²) < 4.78 is 220. The smallest absolute Gasteiger partial charge is 0.691 e. The molecule has 0 N–H and O–H groups in total. The maximum absolute atomic E-state index is 13.6. The Kier molecular flexibility index (Phi) is 14.3. The van der Waals surface area contributed by atoms with Gasteiger partial charge in [0.25, 0.3) is 0 Å². The van der Waals surface area contributed by atoms with E-state index in [0.717, 1.165) is 0 Å². The number of halogens is 16. The van der Waals surface area contributed by atoms with E-state index in [1.807, 2.05) is 0 Å². The van der Waals surface area contributed by atoms with E-state index in [1.54, 1.807) is 0 Å². The van der Waals surface area contributed by atoms with E-state index in [0.29, 0.717) is 0 Å². The molecule has 0 heterocycles. The van der Waals surface area contributed by atoms with Crippen LogP contribution in [0.1, 0.15) is 25.7 Å². The van der Waals surface area contributed by atoms with Crippen LogP contribution in [0.5, 0.6) is 0 Å². The van der Waals surface area contributed by atoms with Crippen molar-refractivity contribution in [2.75, 3.05) is 13.2 Å². The summed E-state index contributed by atoms with van der Waals surface area (Å²) in [5.41, 5.74) is -2.35. The van der Waals surface area contributed by atoms with Gasteiger partial charge in [0.2, 0.25) is 0 Å². The minimum absolute atomic E-state index is 0. The van der Waals surface area contributed by atoms with Gasteiger partial charge in [0, 0.05) is 12.0 Å². The van der Waals surface area contributed by atoms with Crippen molar-refractivity contribution in [3.63, 3.8) is 0 Å². The molecule has 25 heteroatoms. The summed E-state index contributed by atoms with van der Waals surface area (Å²) in [6, 6.07) is 0. The van der Waals surface area contributed by atoms with E-state index in [4.69, 9.17) is 0 Å². The summed E-state index contributed by atoms with van der Waals surface area (Å²) in [6.07, 6.45) is -17.5. The molecule has 2 unspecified atom stereocenters. The van der Waals surface area contributed by atoms with E-state index in [1.165, 1.54) is 0 Å². The van der Waals surface area contributed by atoms with E-state index in [9.17, 15) is 85.1 Å². The maximum atomic E-state index is 13.6. The van der Waals surface area contributed by atoms with Crippen molar-refractivity contribution < 1.29 is 133 Å². The molecule has 2 atom stereocenters. The fraction of sp³-hybridized carbons (Fsp3) is 0.889. The van der Waals surface area contributed by atoms with Gasteiger partial charge in [-0.15, -0.1) is 0 Å². The van der Waals surface area contributed by atoms with E-state index >= 15 is 0 Å². The molecule has 0 aromatic carbocycles. The summed E-state index contributed by atoms with van der Waals surface area (Å²) >= 11 is -0.0612. The molecule has 0 saturated heterocycles. The summed E-state index contributed by atoms with van der Waals surface area (Å²) in [5.74, 6) is -41.8. The molecule has 43 heavy (non-hydrogen) atoms. The minimum atomic E-state index is -6.66. The Balaban J connectivity index is 0.0000176. The molecule has 0 spiro atoms. The number of ether oxygens (including phenoxy) is 2. The fourth-order valence-electron chi connectivity index (χ4n) is 3.03. The standard InChI is InChI=1S/C18H16F16O7S.Na/c19-9(20)15(27,28)17(31,32)13(23,24)1-3-38-8(35)6-12(5-7(12)42-41-40-37)11(36)39-4-2-14(25,26)18(33,34)16(29,30)10(21)22;/h7,9-10,37H,1-6H2;/q;+1/p-1. The van der Waals surface area contributed by atoms with E-state index in [-0.39, 0.29) is 41.6 Å². The Labute approximate surface area is 255 Å². The average molecular weight is 702 g/mol. The van der Waals surface area contributed by atoms with Gasteiger partial charge < -0.3 is 14.7 Å². The van der Waals surface area contributed by atoms with Crippen molar-refractivity contribution in [1.29, 1.82) is 0 Å². The molecule has 1 aliphatic carbocycles. The molecule has 0 amide bonds. The SMILES string of the molecule is O=C(CC1(C(=O)OCCC(F)(F)C(F)(F)C(F)(F)C(F)F)CC1SOO[O-])OCCC(F)(F)C(F)(F)C(F)(F)C(F)F.[Na+]. The van der Waals surface area contributed by atoms with Crippen LogP contribution < -0.4 is 34.8 Å². The van der Waals surface area contributed by atoms with Gasteiger partial charge in [-0.05, 0) is 6.42 Å². The predicted molar refractivity (Wildman–Crippen MR) is 98.1 cm³/mol. The Hall–Kier alpha value is -0.950. The number of hydrogen-bond donors (Lipinski definition) is 0. The van der Waals surface area contributed by atoms with Gasteiger partial charge in [0.1, 0.15) is 0 Å². The Bertz CT molecular complexity index is 958. The first kappa shape index (κ1) is 42.0. The summed E-state index contributed by atoms with van der Waals surface area (Å²) in [5, 5.41) is 11.4. The normalized spacial score (nSPS) is 20.2. The molecule has 0 radical (unpaired) electrons. The second kappa shape index (κ2) is 14.6. The van der Waals surface area contributed by atoms with Crippen molar-refractivity contribution in [3.8, 4) is 0 Å². The molecule has 0 bridgehead atoms. The van der Waals surface area contributed by atoms with Crippen LogP contribution in [0, 0.1) is 5.41 Å². The molecule has 1 fully saturated rings. The first-order chi connectivity index (χ1) is 18.8. The largest absolute Gasteiger partial charge is 1.00 e. The first-order valence-corrected chi connectivity index (χ1v) is 11.4. The number of rotatable bonds is 18. The molecule has 0 aromatic rings. The zero-order valence-electron chi connectivity index (χ0n) is 20.8. The number of esters is 2. The molecular weight excluding hydrogens is 687 g/mol. The van der Waals surface area contributed by atoms with Crippen LogP contribution in [-0.2, 0) is 28.4 Å². The predicted octanol–water partition coefficient (Wildman–Crippen LogP) is 2.22. The van der Waals surface area contributed by atoms with Crippen molar-refractivity contribution in [1.82, 2.24) is 0 Å². The molecule has 0 aromatic heterocycles. The van der Waals surface area contributed by atoms with Crippen LogP contribution >= 0.6 is 12.0 Å². The third-order valence-corrected chi connectivity index (χ3v) is 6.67. The van der Waals surface area contributed by atoms with E-state index in [2.05, 4.69) is 18.8 Å². The Morgan fingerprint density at radius 2 is 1.16 bits per heavy atom. The third-order valence-electron chi connectivity index (χ3n) is 5.69. The van der Waals surface area contributed by atoms with E-state index < -0.39 is 110 Å². The molecule has 0 aliphatic heterocycles. The van der Waals surface area contributed by atoms with Gasteiger partial charge in [-0.2, -0.15) is 57.0 Å². The molecular formula is C18H15F16NaO7S. The van der Waals surface area contributed by atoms with Gasteiger partial charge in [0.15, 0.2) is 0 Å². The van der Waals surface area contributed by atoms with Crippen LogP contribution in [0.3, 0.4) is 0 Å². The van der Waals surface area contributed by atoms with Crippen molar-refractivity contribution in [2.45, 2.75) is 79.3 Å². The fourth-order valence-corrected chi connectivity index (χ4v) is 3.88. The number of carbonyl (C=O) groups excluding carboxylic acids is 2. The number of alkyl halides is 16. The summed E-state index contributed by atoms with van der Waals surface area (Å²) in [6.45, 7) is -3.74. The topological polar surface area (TPSA) is 94.1 Å². The van der Waals surface area contributed by atoms with Crippen LogP contribution in [0.2, 0.25) is 0 Å². The molecule has 248 valence electrons. The first-order valence-electron chi connectivity index (χ1n) is 10.6. The third kappa shape index (κ3) is 8.65. The van der Waals surface area contributed by atoms with Gasteiger partial charge >= 0.3 is 89.9 Å². The van der Waals surface area contributed by atoms with Crippen molar-refractivity contribution >= 4 is 24.0 Å². The van der Waals surface area contributed by atoms with Crippen LogP contribution in [0.4, 0.5) is 70.2 Å². The van der Waals surface area contributed by atoms with Gasteiger partial charge in [-0.1, -0.05) is 0 Å². The number of carbonyl (C=O) groups is 2. The average Bonchev–Trinajstić information content (AvgIpc) is 3.54. The zero-order chi connectivity index (χ0) is 33.2. The Morgan fingerprint density at radius 1 is 0.767 bits per heavy atom. The van der Waals surface area contributed by atoms with Crippen LogP contribution in [0.15, 0.2) is 0 Å². The van der Waals surface area contributed by atoms with Gasteiger partial charge in [0.05, 0.1) is 43.1 Å². The van der Waals surface area contributed by atoms with Gasteiger partial charge in [-0.3, -0.25) is 14.6 Å². The second-order valence-corrected chi connectivity index (χ2v) is 9.42. The second-order valence-electron chi connectivity index (χ2n) is 8.52. The molecule has 1 saturated carbocycles. The van der Waals surface area contributed by atoms with Crippen LogP contribution in [0.25, 0.3) is 0 Å². The molecule has 1 rings (SSSR count). The number of hydrogen-bond acceptors (Lipinski definition) is 8. The van der Waals surface area contributed by atoms with Crippen molar-refractivity contribution in [3.05, 3.63) is 0 Å². The molecule has 1 aliphatic rings. The zero-order valence-corrected chi connectivity index (χ0v) is 23.6. The quantitative estimate of drug-likeness (QED) is 0.0537. The monoisotopic (exact) mass is 702 g/mol. The Morgan fingerprint density at radius 3 is 1.53 bits per heavy atom. The minimum Gasteiger partial charge on any atom is -0.691 e. The van der Waals surface area contributed by atoms with Crippen molar-refractivity contribution in [2.24, 2.45) is 5.41 Å². The summed E-state index contributed by atoms with van der Waals surface area (Å²) in [7, 11) is 0. The summed E-state index contributed by atoms with van der Waals surface area (Å²) in [4.78, 5) is 24.3. The van der Waals surface area contributed by atoms with Crippen LogP contribution in [-0.4, -0.2) is 78.8 Å². The molecule has 7 nitrogen and oxygen atoms in total. The maximum Gasteiger partial charge on any atom is 1.00 e.